The van der Waals surface area contributed by atoms with Gasteiger partial charge in [0, 0.05) is 28.6 Å². The Bertz CT molecular complexity index is 79.1. The van der Waals surface area contributed by atoms with Gasteiger partial charge in [-0.25, -0.2) is 0 Å². The quantitative estimate of drug-likeness (QED) is 0.628. The number of hydrogen-bond acceptors (Lipinski definition) is 3. The average Bonchev–Trinajstić information content (AvgIpc) is 1.90. The second-order valence-electron chi connectivity index (χ2n) is 2.34. The summed E-state index contributed by atoms with van der Waals surface area (Å²) >= 11 is 4.06. The van der Waals surface area contributed by atoms with E-state index >= 15 is 0 Å². The van der Waals surface area contributed by atoms with Crippen molar-refractivity contribution >= 4 is 23.5 Å². The van der Waals surface area contributed by atoms with Crippen LogP contribution in [0.3, 0.4) is 0 Å². The van der Waals surface area contributed by atoms with E-state index in [-0.39, 0.29) is 0 Å². The van der Waals surface area contributed by atoms with E-state index in [1.807, 2.05) is 23.5 Å². The lowest BCUT2D eigenvalue weighted by Gasteiger charge is -2.23. The Morgan fingerprint density at radius 1 is 1.56 bits per heavy atom. The molecule has 1 fully saturated rings. The highest BCUT2D eigenvalue weighted by Crippen LogP contribution is 2.25. The summed E-state index contributed by atoms with van der Waals surface area (Å²) < 4.78 is 0. The molecule has 0 aliphatic carbocycles. The molecule has 0 radical (unpaired) electrons. The molecule has 0 aromatic carbocycles. The molecule has 1 aliphatic rings. The van der Waals surface area contributed by atoms with Crippen molar-refractivity contribution in [3.8, 4) is 0 Å². The Hall–Kier alpha value is 0.660. The normalized spacial score (nSPS) is 32.0. The fourth-order valence-electron chi connectivity index (χ4n) is 0.810. The van der Waals surface area contributed by atoms with Crippen molar-refractivity contribution in [2.24, 2.45) is 5.73 Å². The molecule has 2 atom stereocenters. The maximum Gasteiger partial charge on any atom is 0.0287 e. The van der Waals surface area contributed by atoms with Gasteiger partial charge in [-0.1, -0.05) is 0 Å². The molecular weight excluding hydrogens is 150 g/mol. The molecule has 0 aromatic heterocycles. The highest BCUT2D eigenvalue weighted by molar-refractivity contribution is 8.06. The highest BCUT2D eigenvalue weighted by atomic mass is 32.2. The van der Waals surface area contributed by atoms with Crippen molar-refractivity contribution < 1.29 is 0 Å². The van der Waals surface area contributed by atoms with Gasteiger partial charge >= 0.3 is 0 Å². The van der Waals surface area contributed by atoms with Crippen LogP contribution < -0.4 is 5.73 Å². The molecule has 0 spiro atoms. The van der Waals surface area contributed by atoms with Gasteiger partial charge in [0.1, 0.15) is 0 Å². The lowest BCUT2D eigenvalue weighted by molar-refractivity contribution is 0.735. The molecule has 54 valence electrons. The van der Waals surface area contributed by atoms with Crippen molar-refractivity contribution in [1.82, 2.24) is 0 Å². The van der Waals surface area contributed by atoms with Gasteiger partial charge in [-0.2, -0.15) is 23.5 Å². The predicted octanol–water partition coefficient (Wildman–Crippen LogP) is 1.18. The van der Waals surface area contributed by atoms with E-state index in [1.165, 1.54) is 17.3 Å². The van der Waals surface area contributed by atoms with Gasteiger partial charge in [0.05, 0.1) is 0 Å². The van der Waals surface area contributed by atoms with Crippen LogP contribution in [0, 0.1) is 0 Å². The van der Waals surface area contributed by atoms with Crippen molar-refractivity contribution in [2.75, 3.05) is 17.3 Å². The smallest absolute Gasteiger partial charge is 0.0287 e. The summed E-state index contributed by atoms with van der Waals surface area (Å²) in [6.07, 6.45) is 0. The first-order valence-electron chi connectivity index (χ1n) is 3.25. The van der Waals surface area contributed by atoms with Crippen LogP contribution in [0.1, 0.15) is 6.92 Å². The second-order valence-corrected chi connectivity index (χ2v) is 4.84. The SMILES string of the molecule is CC(N)C1CSCCS1. The molecule has 1 heterocycles. The summed E-state index contributed by atoms with van der Waals surface area (Å²) in [5.74, 6) is 3.85. The minimum atomic E-state index is 0.378. The summed E-state index contributed by atoms with van der Waals surface area (Å²) in [6.45, 7) is 2.10. The maximum atomic E-state index is 5.73. The minimum Gasteiger partial charge on any atom is -0.327 e. The first-order valence-corrected chi connectivity index (χ1v) is 5.46. The van der Waals surface area contributed by atoms with Gasteiger partial charge in [-0.3, -0.25) is 0 Å². The van der Waals surface area contributed by atoms with Gasteiger partial charge in [-0.15, -0.1) is 0 Å². The van der Waals surface area contributed by atoms with E-state index in [2.05, 4.69) is 6.92 Å². The Morgan fingerprint density at radius 2 is 2.33 bits per heavy atom. The predicted molar refractivity (Wildman–Crippen MR) is 47.2 cm³/mol. The van der Waals surface area contributed by atoms with E-state index in [0.717, 1.165) is 0 Å². The molecule has 1 nitrogen and oxygen atoms in total. The van der Waals surface area contributed by atoms with Gasteiger partial charge in [0.25, 0.3) is 0 Å². The first kappa shape index (κ1) is 7.76. The fraction of sp³-hybridized carbons (Fsp3) is 1.00. The van der Waals surface area contributed by atoms with Crippen LogP contribution in [-0.4, -0.2) is 28.6 Å². The van der Waals surface area contributed by atoms with Crippen molar-refractivity contribution in [1.29, 1.82) is 0 Å². The van der Waals surface area contributed by atoms with Gasteiger partial charge in [-0.05, 0) is 6.92 Å². The zero-order valence-electron chi connectivity index (χ0n) is 5.67. The fourth-order valence-corrected chi connectivity index (χ4v) is 3.65. The van der Waals surface area contributed by atoms with Gasteiger partial charge in [0.15, 0.2) is 0 Å². The van der Waals surface area contributed by atoms with E-state index in [1.54, 1.807) is 0 Å². The lowest BCUT2D eigenvalue weighted by Crippen LogP contribution is -2.33. The number of thioether (sulfide) groups is 2. The summed E-state index contributed by atoms with van der Waals surface area (Å²) in [5, 5.41) is 0.712. The third-order valence-electron chi connectivity index (χ3n) is 1.43. The first-order chi connectivity index (χ1) is 4.30. The van der Waals surface area contributed by atoms with Crippen LogP contribution in [0.4, 0.5) is 0 Å². The number of rotatable bonds is 1. The third-order valence-corrected chi connectivity index (χ3v) is 4.45. The van der Waals surface area contributed by atoms with E-state index in [4.69, 9.17) is 5.73 Å². The standard InChI is InChI=1S/C6H13NS2/c1-5(7)6-4-8-2-3-9-6/h5-6H,2-4,7H2,1H3. The monoisotopic (exact) mass is 163 g/mol. The zero-order chi connectivity index (χ0) is 6.69. The largest absolute Gasteiger partial charge is 0.327 e. The topological polar surface area (TPSA) is 26.0 Å². The number of hydrogen-bond donors (Lipinski definition) is 1. The molecular formula is C6H13NS2. The van der Waals surface area contributed by atoms with E-state index in [9.17, 15) is 0 Å². The van der Waals surface area contributed by atoms with Crippen LogP contribution in [0.25, 0.3) is 0 Å². The van der Waals surface area contributed by atoms with Crippen molar-refractivity contribution in [3.05, 3.63) is 0 Å². The average molecular weight is 163 g/mol. The molecule has 0 amide bonds. The zero-order valence-corrected chi connectivity index (χ0v) is 7.30. The molecule has 2 N–H and O–H groups in total. The van der Waals surface area contributed by atoms with Gasteiger partial charge in [0.2, 0.25) is 0 Å². The molecule has 1 saturated heterocycles. The Balaban J connectivity index is 2.23. The van der Waals surface area contributed by atoms with Gasteiger partial charge < -0.3 is 5.73 Å². The molecule has 3 heteroatoms. The Morgan fingerprint density at radius 3 is 2.67 bits per heavy atom. The van der Waals surface area contributed by atoms with Crippen molar-refractivity contribution in [3.63, 3.8) is 0 Å². The maximum absolute atomic E-state index is 5.73. The lowest BCUT2D eigenvalue weighted by atomic mass is 10.3. The molecule has 1 aliphatic heterocycles. The van der Waals surface area contributed by atoms with E-state index < -0.39 is 0 Å². The highest BCUT2D eigenvalue weighted by Gasteiger charge is 2.17. The van der Waals surface area contributed by atoms with Crippen LogP contribution in [0.5, 0.6) is 0 Å². The third kappa shape index (κ3) is 2.40. The minimum absolute atomic E-state index is 0.378. The van der Waals surface area contributed by atoms with Crippen LogP contribution in [0.15, 0.2) is 0 Å². The number of nitrogens with two attached hydrogens (primary N) is 1. The summed E-state index contributed by atoms with van der Waals surface area (Å²) in [5.41, 5.74) is 5.73. The molecule has 0 bridgehead atoms. The Kier molecular flexibility index (Phi) is 3.22. The Labute approximate surface area is 65.1 Å². The molecule has 1 rings (SSSR count). The van der Waals surface area contributed by atoms with Crippen LogP contribution in [0.2, 0.25) is 0 Å². The molecule has 0 saturated carbocycles. The van der Waals surface area contributed by atoms with Crippen LogP contribution >= 0.6 is 23.5 Å². The summed E-state index contributed by atoms with van der Waals surface area (Å²) in [7, 11) is 0. The second kappa shape index (κ2) is 3.74. The van der Waals surface area contributed by atoms with E-state index in [0.29, 0.717) is 11.3 Å². The summed E-state index contributed by atoms with van der Waals surface area (Å²) in [4.78, 5) is 0. The molecule has 2 unspecified atom stereocenters. The summed E-state index contributed by atoms with van der Waals surface area (Å²) in [6, 6.07) is 0.378. The van der Waals surface area contributed by atoms with Crippen LogP contribution in [-0.2, 0) is 0 Å². The molecule has 9 heavy (non-hydrogen) atoms. The molecule has 0 aromatic rings. The van der Waals surface area contributed by atoms with Crippen molar-refractivity contribution in [2.45, 2.75) is 18.2 Å².